The summed E-state index contributed by atoms with van der Waals surface area (Å²) in [6, 6.07) is 8.12. The number of hydrogen-bond acceptors (Lipinski definition) is 6. The van der Waals surface area contributed by atoms with Crippen LogP contribution >= 0.6 is 0 Å². The number of aromatic nitrogens is 2. The Bertz CT molecular complexity index is 1560. The number of hydrogen-bond donors (Lipinski definition) is 0. The molecule has 3 aliphatic heterocycles. The van der Waals surface area contributed by atoms with Crippen LogP contribution in [0.3, 0.4) is 0 Å². The molecule has 0 amide bonds. The second kappa shape index (κ2) is 11.3. The van der Waals surface area contributed by atoms with Gasteiger partial charge in [-0.1, -0.05) is 46.1 Å². The summed E-state index contributed by atoms with van der Waals surface area (Å²) in [5.41, 5.74) is 5.01. The van der Waals surface area contributed by atoms with E-state index in [1.807, 2.05) is 31.7 Å². The third-order valence-corrected chi connectivity index (χ3v) is 7.75. The number of aliphatic imine (C=N–C) groups is 1. The average Bonchev–Trinajstić information content (AvgIpc) is 2.98. The lowest BCUT2D eigenvalue weighted by molar-refractivity contribution is 0.227. The van der Waals surface area contributed by atoms with Gasteiger partial charge < -0.3 is 9.80 Å². The van der Waals surface area contributed by atoms with Gasteiger partial charge in [-0.2, -0.15) is 0 Å². The lowest BCUT2D eigenvalue weighted by Crippen LogP contribution is -2.49. The van der Waals surface area contributed by atoms with Crippen molar-refractivity contribution in [2.45, 2.75) is 40.5 Å². The summed E-state index contributed by atoms with van der Waals surface area (Å²) in [5.74, 6) is 0.824. The van der Waals surface area contributed by atoms with Crippen molar-refractivity contribution in [1.29, 1.82) is 0 Å². The van der Waals surface area contributed by atoms with E-state index in [9.17, 15) is 0 Å². The molecule has 1 atom stereocenters. The topological polar surface area (TPSA) is 47.9 Å². The normalized spacial score (nSPS) is 17.3. The highest BCUT2D eigenvalue weighted by Crippen LogP contribution is 2.46. The van der Waals surface area contributed by atoms with E-state index in [1.54, 1.807) is 31.3 Å². The first-order valence-corrected chi connectivity index (χ1v) is 14.1. The molecule has 1 saturated heterocycles. The zero-order valence-corrected chi connectivity index (χ0v) is 24.4. The van der Waals surface area contributed by atoms with Crippen LogP contribution in [0.2, 0.25) is 0 Å². The fourth-order valence-corrected chi connectivity index (χ4v) is 5.65. The van der Waals surface area contributed by atoms with Crippen molar-refractivity contribution in [2.24, 2.45) is 4.99 Å². The van der Waals surface area contributed by atoms with Gasteiger partial charge in [0.05, 0.1) is 16.9 Å². The molecule has 0 bridgehead atoms. The van der Waals surface area contributed by atoms with Crippen LogP contribution in [0.4, 0.5) is 20.3 Å². The monoisotopic (exact) mass is 554 g/mol. The molecular weight excluding hydrogens is 518 g/mol. The highest BCUT2D eigenvalue weighted by atomic mass is 19.1. The number of halogens is 2. The Hall–Kier alpha value is -4.33. The van der Waals surface area contributed by atoms with E-state index in [2.05, 4.69) is 40.9 Å². The van der Waals surface area contributed by atoms with Crippen LogP contribution in [-0.4, -0.2) is 51.8 Å². The molecular formula is C33H36F2N6. The molecule has 212 valence electrons. The summed E-state index contributed by atoms with van der Waals surface area (Å²) in [7, 11) is 0. The maximum Gasteiger partial charge on any atom is 0.150 e. The molecule has 0 N–H and O–H groups in total. The summed E-state index contributed by atoms with van der Waals surface area (Å²) in [5, 5.41) is 0. The second-order valence-corrected chi connectivity index (χ2v) is 10.2. The molecule has 1 aromatic carbocycles. The Morgan fingerprint density at radius 1 is 1.02 bits per heavy atom. The fourth-order valence-electron chi connectivity index (χ4n) is 5.65. The van der Waals surface area contributed by atoms with Gasteiger partial charge in [0.15, 0.2) is 5.82 Å². The number of fused-ring (bicyclic) bond motifs is 5. The maximum absolute atomic E-state index is 15.9. The molecule has 41 heavy (non-hydrogen) atoms. The molecule has 8 heteroatoms. The summed E-state index contributed by atoms with van der Waals surface area (Å²) in [4.78, 5) is 20.9. The predicted octanol–water partition coefficient (Wildman–Crippen LogP) is 7.24. The van der Waals surface area contributed by atoms with Crippen LogP contribution in [0.5, 0.6) is 0 Å². The number of anilines is 2. The maximum atomic E-state index is 15.9. The van der Waals surface area contributed by atoms with E-state index in [1.165, 1.54) is 12.1 Å². The second-order valence-electron chi connectivity index (χ2n) is 10.2. The van der Waals surface area contributed by atoms with E-state index < -0.39 is 11.6 Å². The summed E-state index contributed by atoms with van der Waals surface area (Å²) >= 11 is 0. The zero-order chi connectivity index (χ0) is 29.4. The van der Waals surface area contributed by atoms with Gasteiger partial charge in [-0.15, -0.1) is 0 Å². The number of allylic oxidation sites excluding steroid dienone is 2. The highest BCUT2D eigenvalue weighted by molar-refractivity contribution is 6.07. The molecule has 2 aromatic heterocycles. The molecule has 1 fully saturated rings. The molecule has 3 aliphatic rings. The van der Waals surface area contributed by atoms with Gasteiger partial charge in [-0.3, -0.25) is 9.88 Å². The Balaban J connectivity index is 0.00000165. The Morgan fingerprint density at radius 3 is 2.44 bits per heavy atom. The first-order chi connectivity index (χ1) is 19.8. The number of amidine groups is 1. The van der Waals surface area contributed by atoms with Crippen molar-refractivity contribution in [1.82, 2.24) is 19.8 Å². The Kier molecular flexibility index (Phi) is 7.76. The largest absolute Gasteiger partial charge is 0.368 e. The van der Waals surface area contributed by atoms with Crippen molar-refractivity contribution in [3.63, 3.8) is 0 Å². The smallest absolute Gasteiger partial charge is 0.150 e. The molecule has 5 heterocycles. The van der Waals surface area contributed by atoms with Gasteiger partial charge in [0.1, 0.15) is 29.0 Å². The van der Waals surface area contributed by atoms with Gasteiger partial charge in [0, 0.05) is 49.6 Å². The average molecular weight is 555 g/mol. The van der Waals surface area contributed by atoms with Gasteiger partial charge in [-0.05, 0) is 55.3 Å². The molecule has 6 nitrogen and oxygen atoms in total. The van der Waals surface area contributed by atoms with Crippen molar-refractivity contribution in [3.05, 3.63) is 107 Å². The molecule has 6 rings (SSSR count). The van der Waals surface area contributed by atoms with Crippen LogP contribution < -0.4 is 4.90 Å². The van der Waals surface area contributed by atoms with Crippen molar-refractivity contribution in [3.8, 4) is 11.3 Å². The molecule has 1 unspecified atom stereocenters. The summed E-state index contributed by atoms with van der Waals surface area (Å²) < 4.78 is 30.9. The SMILES string of the molecule is C=CC(=C)N1CCN(C2=NC3=CC(C)c4nccc(C)c4N3c3nc(-c4c(C)cccc4F)c(F)cc32)CC1.CC. The van der Waals surface area contributed by atoms with Crippen LogP contribution in [-0.2, 0) is 0 Å². The highest BCUT2D eigenvalue weighted by Gasteiger charge is 2.37. The van der Waals surface area contributed by atoms with Gasteiger partial charge >= 0.3 is 0 Å². The minimum absolute atomic E-state index is 0.0150. The number of nitrogens with zero attached hydrogens (tertiary/aromatic N) is 6. The standard InChI is InChI=1S/C31H30F2N6.C2H6/c1-6-21(5)37-12-14-38(15-13-37)30-22-17-24(33)28(26-18(2)8-7-9-23(26)32)36-31(22)39-25(35-30)16-20(4)27-29(39)19(3)10-11-34-27;1-2/h6-11,16-17,20H,1,5,12-15H2,2-4H3;1-2H3. The number of pyridine rings is 2. The quantitative estimate of drug-likeness (QED) is 0.320. The molecule has 3 aromatic rings. The van der Waals surface area contributed by atoms with Gasteiger partial charge in [-0.25, -0.2) is 18.8 Å². The Labute approximate surface area is 241 Å². The predicted molar refractivity (Wildman–Crippen MR) is 162 cm³/mol. The molecule has 0 spiro atoms. The first kappa shape index (κ1) is 28.2. The van der Waals surface area contributed by atoms with E-state index in [0.717, 1.165) is 35.7 Å². The minimum Gasteiger partial charge on any atom is -0.368 e. The lowest BCUT2D eigenvalue weighted by Gasteiger charge is -2.42. The molecule has 0 aliphatic carbocycles. The van der Waals surface area contributed by atoms with Crippen molar-refractivity contribution in [2.75, 3.05) is 31.1 Å². The third-order valence-electron chi connectivity index (χ3n) is 7.75. The first-order valence-electron chi connectivity index (χ1n) is 14.1. The number of benzene rings is 1. The van der Waals surface area contributed by atoms with Crippen molar-refractivity contribution < 1.29 is 8.78 Å². The van der Waals surface area contributed by atoms with E-state index in [0.29, 0.717) is 41.7 Å². The van der Waals surface area contributed by atoms with Crippen LogP contribution in [0, 0.1) is 25.5 Å². The van der Waals surface area contributed by atoms with Crippen LogP contribution in [0.25, 0.3) is 11.3 Å². The van der Waals surface area contributed by atoms with E-state index >= 15 is 8.78 Å². The minimum atomic E-state index is -0.589. The molecule has 0 radical (unpaired) electrons. The van der Waals surface area contributed by atoms with E-state index in [-0.39, 0.29) is 17.2 Å². The number of aryl methyl sites for hydroxylation is 2. The molecule has 0 saturated carbocycles. The van der Waals surface area contributed by atoms with Crippen molar-refractivity contribution >= 4 is 17.3 Å². The van der Waals surface area contributed by atoms with Crippen LogP contribution in [0.1, 0.15) is 49.1 Å². The third kappa shape index (κ3) is 4.81. The Morgan fingerprint density at radius 2 is 1.76 bits per heavy atom. The lowest BCUT2D eigenvalue weighted by atomic mass is 9.95. The number of piperazine rings is 1. The van der Waals surface area contributed by atoms with E-state index in [4.69, 9.17) is 9.98 Å². The summed E-state index contributed by atoms with van der Waals surface area (Å²) in [6.07, 6.45) is 5.62. The zero-order valence-electron chi connectivity index (χ0n) is 24.4. The van der Waals surface area contributed by atoms with Gasteiger partial charge in [0.25, 0.3) is 0 Å². The summed E-state index contributed by atoms with van der Waals surface area (Å²) in [6.45, 7) is 20.6. The van der Waals surface area contributed by atoms with Crippen LogP contribution in [0.15, 0.2) is 78.3 Å². The number of rotatable bonds is 3. The fraction of sp³-hybridized carbons (Fsp3) is 0.303. The van der Waals surface area contributed by atoms with Gasteiger partial charge in [0.2, 0.25) is 0 Å².